The van der Waals surface area contributed by atoms with E-state index in [2.05, 4.69) is 29.2 Å². The molecule has 1 N–H and O–H groups in total. The minimum absolute atomic E-state index is 0.155. The van der Waals surface area contributed by atoms with E-state index >= 15 is 0 Å². The molecule has 0 aliphatic rings. The minimum Gasteiger partial charge on any atom is -0.323 e. The third kappa shape index (κ3) is 3.97. The highest BCUT2D eigenvalue weighted by molar-refractivity contribution is 7.99. The van der Waals surface area contributed by atoms with Crippen molar-refractivity contribution in [2.45, 2.75) is 12.1 Å². The van der Waals surface area contributed by atoms with Crippen molar-refractivity contribution in [2.75, 3.05) is 11.1 Å². The summed E-state index contributed by atoms with van der Waals surface area (Å²) in [6.45, 7) is 2.03. The van der Waals surface area contributed by atoms with E-state index in [4.69, 9.17) is 0 Å². The van der Waals surface area contributed by atoms with Gasteiger partial charge in [0.2, 0.25) is 5.91 Å². The molecule has 0 unspecified atom stereocenters. The maximum absolute atomic E-state index is 12.7. The number of amides is 1. The number of pyridine rings is 1. The lowest BCUT2D eigenvalue weighted by molar-refractivity contribution is -0.113. The molecule has 10 heteroatoms. The lowest BCUT2D eigenvalue weighted by atomic mass is 10.2. The highest BCUT2D eigenvalue weighted by atomic mass is 32.2. The maximum atomic E-state index is 12.7. The number of anilines is 1. The predicted octanol–water partition coefficient (Wildman–Crippen LogP) is 4.37. The number of nitrogens with zero attached hydrogens (tertiary/aromatic N) is 6. The topological polar surface area (TPSA) is 98.5 Å². The Morgan fingerprint density at radius 3 is 2.81 bits per heavy atom. The molecule has 5 rings (SSSR count). The quantitative estimate of drug-likeness (QED) is 0.376. The van der Waals surface area contributed by atoms with Gasteiger partial charge in [0.05, 0.1) is 28.9 Å². The zero-order valence-electron chi connectivity index (χ0n) is 17.0. The van der Waals surface area contributed by atoms with Gasteiger partial charge in [0, 0.05) is 18.0 Å². The summed E-state index contributed by atoms with van der Waals surface area (Å²) in [4.78, 5) is 16.9. The smallest absolute Gasteiger partial charge is 0.234 e. The number of fused-ring (bicyclic) bond motifs is 1. The van der Waals surface area contributed by atoms with Crippen LogP contribution in [0, 0.1) is 6.92 Å². The molecular weight excluding hydrogens is 442 g/mol. The van der Waals surface area contributed by atoms with Gasteiger partial charge in [0.25, 0.3) is 0 Å². The van der Waals surface area contributed by atoms with E-state index in [-0.39, 0.29) is 11.7 Å². The van der Waals surface area contributed by atoms with E-state index in [9.17, 15) is 4.79 Å². The van der Waals surface area contributed by atoms with Crippen LogP contribution in [0.5, 0.6) is 0 Å². The van der Waals surface area contributed by atoms with Crippen molar-refractivity contribution in [3.63, 3.8) is 0 Å². The normalized spacial score (nSPS) is 11.0. The monoisotopic (exact) mass is 459 g/mol. The second kappa shape index (κ2) is 8.85. The first kappa shape index (κ1) is 20.3. The van der Waals surface area contributed by atoms with Crippen molar-refractivity contribution >= 4 is 46.1 Å². The summed E-state index contributed by atoms with van der Waals surface area (Å²) < 4.78 is 10.4. The van der Waals surface area contributed by atoms with Crippen molar-refractivity contribution in [3.05, 3.63) is 72.6 Å². The van der Waals surface area contributed by atoms with Crippen molar-refractivity contribution < 1.29 is 4.79 Å². The fourth-order valence-corrected chi connectivity index (χ4v) is 4.59. The molecule has 8 nitrogen and oxygen atoms in total. The maximum Gasteiger partial charge on any atom is 0.234 e. The number of aromatic nitrogens is 6. The van der Waals surface area contributed by atoms with Gasteiger partial charge in [-0.05, 0) is 42.8 Å². The van der Waals surface area contributed by atoms with Crippen LogP contribution in [-0.4, -0.2) is 40.2 Å². The molecule has 0 atom stereocenters. The van der Waals surface area contributed by atoms with E-state index in [1.807, 2.05) is 66.1 Å². The molecule has 0 bridgehead atoms. The summed E-state index contributed by atoms with van der Waals surface area (Å²) in [5, 5.41) is 12.3. The molecule has 0 saturated heterocycles. The molecule has 3 heterocycles. The minimum atomic E-state index is -0.155. The lowest BCUT2D eigenvalue weighted by Crippen LogP contribution is -2.15. The summed E-state index contributed by atoms with van der Waals surface area (Å²) in [7, 11) is 0. The SMILES string of the molecule is Cc1ccccc1-n1c(SCC(=O)Nc2cccc3nsnc23)nnc1-c1cccnc1. The molecule has 3 aromatic heterocycles. The summed E-state index contributed by atoms with van der Waals surface area (Å²) in [6, 6.07) is 17.3. The van der Waals surface area contributed by atoms with Crippen LogP contribution in [0.2, 0.25) is 0 Å². The number of carbonyl (C=O) groups is 1. The lowest BCUT2D eigenvalue weighted by Gasteiger charge is -2.12. The van der Waals surface area contributed by atoms with Crippen molar-refractivity contribution in [3.8, 4) is 17.1 Å². The average molecular weight is 460 g/mol. The molecule has 2 aromatic carbocycles. The number of carbonyl (C=O) groups excluding carboxylic acids is 1. The molecular formula is C22H17N7OS2. The second-order valence-electron chi connectivity index (χ2n) is 6.94. The summed E-state index contributed by atoms with van der Waals surface area (Å²) in [5.41, 5.74) is 4.99. The van der Waals surface area contributed by atoms with Crippen LogP contribution in [0.25, 0.3) is 28.1 Å². The van der Waals surface area contributed by atoms with E-state index in [1.54, 1.807) is 12.4 Å². The summed E-state index contributed by atoms with van der Waals surface area (Å²) in [5.74, 6) is 0.691. The zero-order chi connectivity index (χ0) is 21.9. The molecule has 1 amide bonds. The van der Waals surface area contributed by atoms with Crippen LogP contribution < -0.4 is 5.32 Å². The number of benzene rings is 2. The van der Waals surface area contributed by atoms with Crippen molar-refractivity contribution in [1.29, 1.82) is 0 Å². The molecule has 5 aromatic rings. The van der Waals surface area contributed by atoms with Gasteiger partial charge in [-0.1, -0.05) is 36.0 Å². The highest BCUT2D eigenvalue weighted by Gasteiger charge is 2.19. The number of para-hydroxylation sites is 1. The summed E-state index contributed by atoms with van der Waals surface area (Å²) in [6.07, 6.45) is 3.47. The predicted molar refractivity (Wildman–Crippen MR) is 126 cm³/mol. The molecule has 0 aliphatic heterocycles. The molecule has 32 heavy (non-hydrogen) atoms. The van der Waals surface area contributed by atoms with Crippen LogP contribution in [0.1, 0.15) is 5.56 Å². The van der Waals surface area contributed by atoms with Gasteiger partial charge in [-0.15, -0.1) is 10.2 Å². The molecule has 0 aliphatic carbocycles. The Kier molecular flexibility index (Phi) is 5.61. The van der Waals surface area contributed by atoms with Crippen molar-refractivity contribution in [2.24, 2.45) is 0 Å². The Hall–Kier alpha value is -3.63. The standard InChI is InChI=1S/C22H17N7OS2/c1-14-6-2-3-10-18(14)29-21(15-7-5-11-23-12-15)25-26-22(29)31-13-19(30)24-16-8-4-9-17-20(16)28-32-27-17/h2-12H,13H2,1H3,(H,24,30). The molecule has 0 saturated carbocycles. The number of rotatable bonds is 6. The zero-order valence-corrected chi connectivity index (χ0v) is 18.6. The van der Waals surface area contributed by atoms with Crippen LogP contribution in [0.4, 0.5) is 5.69 Å². The number of nitrogens with one attached hydrogen (secondary N) is 1. The Bertz CT molecular complexity index is 1400. The average Bonchev–Trinajstić information content (AvgIpc) is 3.46. The van der Waals surface area contributed by atoms with E-state index in [0.717, 1.165) is 34.1 Å². The van der Waals surface area contributed by atoms with E-state index < -0.39 is 0 Å². The first-order valence-electron chi connectivity index (χ1n) is 9.76. The van der Waals surface area contributed by atoms with Gasteiger partial charge in [0.1, 0.15) is 11.0 Å². The summed E-state index contributed by atoms with van der Waals surface area (Å²) >= 11 is 2.45. The van der Waals surface area contributed by atoms with Crippen molar-refractivity contribution in [1.82, 2.24) is 28.5 Å². The molecule has 158 valence electrons. The fraction of sp³-hybridized carbons (Fsp3) is 0.0909. The number of aryl methyl sites for hydroxylation is 1. The Balaban J connectivity index is 1.42. The van der Waals surface area contributed by atoms with Gasteiger partial charge < -0.3 is 5.32 Å². The number of hydrogen-bond acceptors (Lipinski definition) is 8. The Morgan fingerprint density at radius 1 is 1.06 bits per heavy atom. The number of hydrogen-bond donors (Lipinski definition) is 1. The fourth-order valence-electron chi connectivity index (χ4n) is 3.30. The molecule has 0 fully saturated rings. The van der Waals surface area contributed by atoms with Gasteiger partial charge in [0.15, 0.2) is 11.0 Å². The van der Waals surface area contributed by atoms with E-state index in [0.29, 0.717) is 22.2 Å². The first-order chi connectivity index (χ1) is 15.7. The highest BCUT2D eigenvalue weighted by Crippen LogP contribution is 2.29. The molecule has 0 radical (unpaired) electrons. The second-order valence-corrected chi connectivity index (χ2v) is 8.42. The van der Waals surface area contributed by atoms with Crippen LogP contribution in [0.3, 0.4) is 0 Å². The third-order valence-corrected chi connectivity index (χ3v) is 6.27. The van der Waals surface area contributed by atoms with Gasteiger partial charge in [-0.3, -0.25) is 14.3 Å². The Labute approximate surface area is 192 Å². The number of thioether (sulfide) groups is 1. The van der Waals surface area contributed by atoms with Crippen LogP contribution >= 0.6 is 23.5 Å². The van der Waals surface area contributed by atoms with Crippen LogP contribution in [0.15, 0.2) is 72.1 Å². The Morgan fingerprint density at radius 2 is 1.97 bits per heavy atom. The van der Waals surface area contributed by atoms with Gasteiger partial charge in [-0.25, -0.2) is 0 Å². The third-order valence-electron chi connectivity index (χ3n) is 4.80. The van der Waals surface area contributed by atoms with Crippen LogP contribution in [-0.2, 0) is 4.79 Å². The van der Waals surface area contributed by atoms with Gasteiger partial charge in [-0.2, -0.15) is 8.75 Å². The largest absolute Gasteiger partial charge is 0.323 e. The van der Waals surface area contributed by atoms with Gasteiger partial charge >= 0.3 is 0 Å². The van der Waals surface area contributed by atoms with E-state index in [1.165, 1.54) is 11.8 Å². The first-order valence-corrected chi connectivity index (χ1v) is 11.5. The molecule has 0 spiro atoms.